The molecule has 1 N–H and O–H groups in total. The van der Waals surface area contributed by atoms with Gasteiger partial charge in [-0.3, -0.25) is 0 Å². The molecule has 0 amide bonds. The second-order valence-electron chi connectivity index (χ2n) is 4.38. The molecule has 0 aliphatic rings. The summed E-state index contributed by atoms with van der Waals surface area (Å²) < 4.78 is 5.71. The molecule has 0 aliphatic carbocycles. The summed E-state index contributed by atoms with van der Waals surface area (Å²) >= 11 is 1.73. The van der Waals surface area contributed by atoms with Gasteiger partial charge in [-0.1, -0.05) is 26.0 Å². The fourth-order valence-corrected chi connectivity index (χ4v) is 1.98. The molecule has 1 aromatic carbocycles. The van der Waals surface area contributed by atoms with Crippen molar-refractivity contribution in [3.63, 3.8) is 0 Å². The van der Waals surface area contributed by atoms with Gasteiger partial charge >= 0.3 is 0 Å². The summed E-state index contributed by atoms with van der Waals surface area (Å²) in [6.45, 7) is 4.87. The van der Waals surface area contributed by atoms with Gasteiger partial charge < -0.3 is 9.73 Å². The first-order valence-corrected chi connectivity index (χ1v) is 7.24. The molecule has 0 saturated carbocycles. The summed E-state index contributed by atoms with van der Waals surface area (Å²) in [5.41, 5.74) is 1.07. The summed E-state index contributed by atoms with van der Waals surface area (Å²) in [7, 11) is 0. The van der Waals surface area contributed by atoms with E-state index in [2.05, 4.69) is 54.7 Å². The minimum absolute atomic E-state index is 0.432. The van der Waals surface area contributed by atoms with Crippen molar-refractivity contribution in [1.29, 1.82) is 0 Å². The Morgan fingerprint density at radius 3 is 2.61 bits per heavy atom. The van der Waals surface area contributed by atoms with Gasteiger partial charge in [-0.05, 0) is 18.4 Å². The van der Waals surface area contributed by atoms with Crippen LogP contribution >= 0.6 is 11.8 Å². The predicted molar refractivity (Wildman–Crippen MR) is 75.7 cm³/mol. The van der Waals surface area contributed by atoms with Crippen molar-refractivity contribution < 1.29 is 4.42 Å². The first-order chi connectivity index (χ1) is 8.69. The van der Waals surface area contributed by atoms with Crippen LogP contribution in [0.25, 0.3) is 11.3 Å². The zero-order valence-corrected chi connectivity index (χ0v) is 11.8. The maximum Gasteiger partial charge on any atom is 0.208 e. The molecule has 0 saturated heterocycles. The van der Waals surface area contributed by atoms with Crippen LogP contribution in [0.2, 0.25) is 0 Å². The topological polar surface area (TPSA) is 38.1 Å². The largest absolute Gasteiger partial charge is 0.439 e. The van der Waals surface area contributed by atoms with Crippen LogP contribution in [0.1, 0.15) is 19.7 Å². The van der Waals surface area contributed by atoms with Crippen LogP contribution in [-0.2, 0) is 6.54 Å². The highest BCUT2D eigenvalue weighted by Crippen LogP contribution is 2.23. The maximum absolute atomic E-state index is 5.71. The Morgan fingerprint density at radius 1 is 1.28 bits per heavy atom. The van der Waals surface area contributed by atoms with E-state index in [9.17, 15) is 0 Å². The first-order valence-electron chi connectivity index (χ1n) is 6.01. The average molecular weight is 262 g/mol. The lowest BCUT2D eigenvalue weighted by molar-refractivity contribution is 0.459. The van der Waals surface area contributed by atoms with E-state index >= 15 is 0 Å². The fraction of sp³-hybridized carbons (Fsp3) is 0.357. The molecule has 1 aromatic heterocycles. The quantitative estimate of drug-likeness (QED) is 0.836. The molecular weight excluding hydrogens is 244 g/mol. The highest BCUT2D eigenvalue weighted by molar-refractivity contribution is 7.98. The van der Waals surface area contributed by atoms with Gasteiger partial charge in [-0.15, -0.1) is 11.8 Å². The molecular formula is C14H18N2OS. The van der Waals surface area contributed by atoms with E-state index in [-0.39, 0.29) is 0 Å². The van der Waals surface area contributed by atoms with E-state index in [1.54, 1.807) is 18.0 Å². The van der Waals surface area contributed by atoms with Crippen molar-refractivity contribution in [2.24, 2.45) is 0 Å². The van der Waals surface area contributed by atoms with E-state index in [0.29, 0.717) is 12.6 Å². The Bertz CT molecular complexity index is 491. The lowest BCUT2D eigenvalue weighted by Crippen LogP contribution is -2.21. The summed E-state index contributed by atoms with van der Waals surface area (Å²) in [6.07, 6.45) is 3.85. The van der Waals surface area contributed by atoms with Crippen LogP contribution in [0, 0.1) is 0 Å². The number of nitrogens with one attached hydrogen (secondary N) is 1. The average Bonchev–Trinajstić information content (AvgIpc) is 2.85. The zero-order chi connectivity index (χ0) is 13.0. The standard InChI is InChI=1S/C14H18N2OS/c1-10(2)15-9-14-16-8-13(17-14)11-4-6-12(18-3)7-5-11/h4-8,10,15H,9H2,1-3H3. The fourth-order valence-electron chi connectivity index (χ4n) is 1.57. The molecule has 2 rings (SSSR count). The molecule has 1 heterocycles. The first kappa shape index (κ1) is 13.2. The van der Waals surface area contributed by atoms with Gasteiger partial charge in [0.2, 0.25) is 5.89 Å². The third-order valence-corrected chi connectivity index (χ3v) is 3.33. The van der Waals surface area contributed by atoms with E-state index < -0.39 is 0 Å². The van der Waals surface area contributed by atoms with Crippen LogP contribution in [0.3, 0.4) is 0 Å². The molecule has 18 heavy (non-hydrogen) atoms. The molecule has 0 radical (unpaired) electrons. The van der Waals surface area contributed by atoms with Gasteiger partial charge in [0, 0.05) is 16.5 Å². The maximum atomic E-state index is 5.71. The van der Waals surface area contributed by atoms with Crippen LogP contribution in [0.15, 0.2) is 39.8 Å². The molecule has 0 unspecified atom stereocenters. The van der Waals surface area contributed by atoms with E-state index in [1.807, 2.05) is 0 Å². The smallest absolute Gasteiger partial charge is 0.208 e. The minimum atomic E-state index is 0.432. The number of thioether (sulfide) groups is 1. The number of benzene rings is 1. The van der Waals surface area contributed by atoms with Crippen molar-refractivity contribution in [1.82, 2.24) is 10.3 Å². The highest BCUT2D eigenvalue weighted by atomic mass is 32.2. The van der Waals surface area contributed by atoms with Crippen LogP contribution in [0.4, 0.5) is 0 Å². The van der Waals surface area contributed by atoms with Gasteiger partial charge in [-0.25, -0.2) is 4.98 Å². The molecule has 0 fully saturated rings. The third-order valence-electron chi connectivity index (χ3n) is 2.59. The normalized spacial score (nSPS) is 11.1. The van der Waals surface area contributed by atoms with Crippen molar-refractivity contribution in [3.8, 4) is 11.3 Å². The van der Waals surface area contributed by atoms with Gasteiger partial charge in [0.25, 0.3) is 0 Å². The number of rotatable bonds is 5. The summed E-state index contributed by atoms with van der Waals surface area (Å²) in [5.74, 6) is 1.55. The van der Waals surface area contributed by atoms with Crippen LogP contribution < -0.4 is 5.32 Å². The number of nitrogens with zero attached hydrogens (tertiary/aromatic N) is 1. The number of aromatic nitrogens is 1. The molecule has 0 aliphatic heterocycles. The van der Waals surface area contributed by atoms with Crippen LogP contribution in [0.5, 0.6) is 0 Å². The molecule has 0 spiro atoms. The van der Waals surface area contributed by atoms with Crippen molar-refractivity contribution in [2.75, 3.05) is 6.26 Å². The monoisotopic (exact) mass is 262 g/mol. The van der Waals surface area contributed by atoms with Crippen molar-refractivity contribution >= 4 is 11.8 Å². The molecule has 4 heteroatoms. The van der Waals surface area contributed by atoms with Crippen molar-refractivity contribution in [2.45, 2.75) is 31.3 Å². The lowest BCUT2D eigenvalue weighted by atomic mass is 10.2. The summed E-state index contributed by atoms with van der Waals surface area (Å²) in [4.78, 5) is 5.52. The molecule has 0 bridgehead atoms. The number of oxazole rings is 1. The SMILES string of the molecule is CSc1ccc(-c2cnc(CNC(C)C)o2)cc1. The van der Waals surface area contributed by atoms with E-state index in [4.69, 9.17) is 4.42 Å². The summed E-state index contributed by atoms with van der Waals surface area (Å²) in [6, 6.07) is 8.74. The van der Waals surface area contributed by atoms with Gasteiger partial charge in [0.05, 0.1) is 12.7 Å². The van der Waals surface area contributed by atoms with Gasteiger partial charge in [0.15, 0.2) is 5.76 Å². The summed E-state index contributed by atoms with van der Waals surface area (Å²) in [5, 5.41) is 3.29. The van der Waals surface area contributed by atoms with Crippen molar-refractivity contribution in [3.05, 3.63) is 36.4 Å². The highest BCUT2D eigenvalue weighted by Gasteiger charge is 2.06. The predicted octanol–water partition coefficient (Wildman–Crippen LogP) is 3.56. The Hall–Kier alpha value is -1.26. The molecule has 0 atom stereocenters. The zero-order valence-electron chi connectivity index (χ0n) is 10.9. The molecule has 96 valence electrons. The lowest BCUT2D eigenvalue weighted by Gasteiger charge is -2.04. The Morgan fingerprint density at radius 2 is 2.00 bits per heavy atom. The van der Waals surface area contributed by atoms with Gasteiger partial charge in [0.1, 0.15) is 0 Å². The molecule has 2 aromatic rings. The third kappa shape index (κ3) is 3.37. The Balaban J connectivity index is 2.08. The van der Waals surface area contributed by atoms with E-state index in [0.717, 1.165) is 17.2 Å². The second-order valence-corrected chi connectivity index (χ2v) is 5.26. The Kier molecular flexibility index (Phi) is 4.44. The number of hydrogen-bond donors (Lipinski definition) is 1. The van der Waals surface area contributed by atoms with Gasteiger partial charge in [-0.2, -0.15) is 0 Å². The number of hydrogen-bond acceptors (Lipinski definition) is 4. The molecule has 3 nitrogen and oxygen atoms in total. The second kappa shape index (κ2) is 6.07. The Labute approximate surface area is 112 Å². The van der Waals surface area contributed by atoms with E-state index in [1.165, 1.54) is 4.90 Å². The van der Waals surface area contributed by atoms with Crippen LogP contribution in [-0.4, -0.2) is 17.3 Å². The minimum Gasteiger partial charge on any atom is -0.439 e.